The third-order valence-corrected chi connectivity index (χ3v) is 4.97. The summed E-state index contributed by atoms with van der Waals surface area (Å²) in [5, 5.41) is 6.83. The van der Waals surface area contributed by atoms with E-state index >= 15 is 0 Å². The van der Waals surface area contributed by atoms with Gasteiger partial charge in [-0.25, -0.2) is 9.98 Å². The van der Waals surface area contributed by atoms with Crippen LogP contribution in [-0.2, 0) is 6.54 Å². The highest BCUT2D eigenvalue weighted by Crippen LogP contribution is 2.18. The molecule has 5 nitrogen and oxygen atoms in total. The van der Waals surface area contributed by atoms with Crippen molar-refractivity contribution in [1.29, 1.82) is 0 Å². The van der Waals surface area contributed by atoms with Crippen molar-refractivity contribution in [2.75, 3.05) is 31.1 Å². The van der Waals surface area contributed by atoms with Gasteiger partial charge in [-0.3, -0.25) is 0 Å². The van der Waals surface area contributed by atoms with E-state index in [9.17, 15) is 0 Å². The van der Waals surface area contributed by atoms with Crippen molar-refractivity contribution in [2.45, 2.75) is 59.4 Å². The fraction of sp³-hybridized carbons (Fsp3) is 0.700. The van der Waals surface area contributed by atoms with Crippen LogP contribution in [0.2, 0.25) is 0 Å². The molecule has 0 spiro atoms. The van der Waals surface area contributed by atoms with Crippen LogP contribution < -0.4 is 15.5 Å². The van der Waals surface area contributed by atoms with Crippen LogP contribution in [0.3, 0.4) is 0 Å². The third-order valence-electron chi connectivity index (χ3n) is 4.97. The molecular formula is C20H36IN5. The fourth-order valence-corrected chi connectivity index (χ4v) is 3.19. The number of hydrogen-bond acceptors (Lipinski definition) is 3. The number of nitrogens with one attached hydrogen (secondary N) is 2. The molecular weight excluding hydrogens is 437 g/mol. The molecule has 0 aliphatic carbocycles. The maximum atomic E-state index is 4.76. The summed E-state index contributed by atoms with van der Waals surface area (Å²) in [5.74, 6) is 2.71. The number of aromatic nitrogens is 1. The average Bonchev–Trinajstić information content (AvgIpc) is 2.67. The lowest BCUT2D eigenvalue weighted by molar-refractivity contribution is 0.481. The van der Waals surface area contributed by atoms with Gasteiger partial charge in [0.15, 0.2) is 5.96 Å². The van der Waals surface area contributed by atoms with Crippen molar-refractivity contribution in [3.8, 4) is 0 Å². The molecule has 6 heteroatoms. The molecule has 26 heavy (non-hydrogen) atoms. The number of rotatable bonds is 8. The lowest BCUT2D eigenvalue weighted by Crippen LogP contribution is -2.39. The Balaban J connectivity index is 0.00000338. The molecule has 1 aliphatic rings. The molecule has 0 aromatic carbocycles. The highest BCUT2D eigenvalue weighted by atomic mass is 127. The third kappa shape index (κ3) is 7.68. The van der Waals surface area contributed by atoms with Gasteiger partial charge in [-0.05, 0) is 49.8 Å². The van der Waals surface area contributed by atoms with E-state index in [0.717, 1.165) is 38.0 Å². The summed E-state index contributed by atoms with van der Waals surface area (Å²) in [6.45, 7) is 11.4. The van der Waals surface area contributed by atoms with Crippen LogP contribution in [0.15, 0.2) is 23.3 Å². The first-order valence-corrected chi connectivity index (χ1v) is 9.98. The summed E-state index contributed by atoms with van der Waals surface area (Å²) in [6, 6.07) is 4.26. The topological polar surface area (TPSA) is 52.6 Å². The highest BCUT2D eigenvalue weighted by molar-refractivity contribution is 14.0. The predicted octanol–water partition coefficient (Wildman–Crippen LogP) is 4.18. The lowest BCUT2D eigenvalue weighted by Gasteiger charge is -2.27. The van der Waals surface area contributed by atoms with Gasteiger partial charge in [-0.1, -0.05) is 26.7 Å². The number of anilines is 1. The van der Waals surface area contributed by atoms with E-state index in [1.54, 1.807) is 0 Å². The van der Waals surface area contributed by atoms with E-state index in [1.807, 2.05) is 6.20 Å². The van der Waals surface area contributed by atoms with Crippen molar-refractivity contribution in [1.82, 2.24) is 15.6 Å². The quantitative estimate of drug-likeness (QED) is 0.338. The largest absolute Gasteiger partial charge is 0.357 e. The van der Waals surface area contributed by atoms with Crippen LogP contribution in [0.1, 0.15) is 58.4 Å². The Morgan fingerprint density at radius 1 is 1.15 bits per heavy atom. The molecule has 1 aliphatic heterocycles. The number of hydrogen-bond donors (Lipinski definition) is 2. The fourth-order valence-electron chi connectivity index (χ4n) is 3.19. The van der Waals surface area contributed by atoms with Gasteiger partial charge in [0, 0.05) is 32.4 Å². The van der Waals surface area contributed by atoms with Crippen molar-refractivity contribution >= 4 is 35.8 Å². The molecule has 2 heterocycles. The van der Waals surface area contributed by atoms with Gasteiger partial charge in [0.25, 0.3) is 0 Å². The van der Waals surface area contributed by atoms with Crippen LogP contribution in [0, 0.1) is 5.92 Å². The summed E-state index contributed by atoms with van der Waals surface area (Å²) >= 11 is 0. The molecule has 0 radical (unpaired) electrons. The summed E-state index contributed by atoms with van der Waals surface area (Å²) in [5.41, 5.74) is 1.22. The average molecular weight is 473 g/mol. The molecule has 148 valence electrons. The normalized spacial score (nSPS) is 14.9. The zero-order valence-electron chi connectivity index (χ0n) is 16.6. The van der Waals surface area contributed by atoms with Gasteiger partial charge < -0.3 is 15.5 Å². The lowest BCUT2D eigenvalue weighted by atomic mass is 10.0. The molecule has 1 saturated heterocycles. The van der Waals surface area contributed by atoms with Gasteiger partial charge in [0.05, 0.1) is 6.54 Å². The second kappa shape index (κ2) is 13.2. The molecule has 2 rings (SSSR count). The van der Waals surface area contributed by atoms with Crippen LogP contribution in [-0.4, -0.2) is 37.1 Å². The highest BCUT2D eigenvalue weighted by Gasteiger charge is 2.12. The number of piperidine rings is 1. The Kier molecular flexibility index (Phi) is 11.6. The Labute approximate surface area is 176 Å². The first kappa shape index (κ1) is 23.0. The van der Waals surface area contributed by atoms with Gasteiger partial charge in [0.1, 0.15) is 5.82 Å². The standard InChI is InChI=1S/C20H35N5.HI/c1-4-17(5-2)15-23-20(21-6-3)24-16-18-10-11-22-19(14-18)25-12-8-7-9-13-25;/h10-11,14,17H,4-9,12-13,15-16H2,1-3H3,(H2,21,23,24);1H. The molecule has 0 amide bonds. The smallest absolute Gasteiger partial charge is 0.191 e. The van der Waals surface area contributed by atoms with Crippen molar-refractivity contribution < 1.29 is 0 Å². The van der Waals surface area contributed by atoms with Crippen LogP contribution in [0.25, 0.3) is 0 Å². The van der Waals surface area contributed by atoms with E-state index in [1.165, 1.54) is 37.7 Å². The Morgan fingerprint density at radius 2 is 1.88 bits per heavy atom. The van der Waals surface area contributed by atoms with Crippen molar-refractivity contribution in [2.24, 2.45) is 10.9 Å². The molecule has 0 atom stereocenters. The number of aliphatic imine (C=N–C) groups is 1. The minimum atomic E-state index is 0. The number of nitrogens with zero attached hydrogens (tertiary/aromatic N) is 3. The number of guanidine groups is 1. The summed E-state index contributed by atoms with van der Waals surface area (Å²) in [7, 11) is 0. The van der Waals surface area contributed by atoms with Crippen LogP contribution in [0.5, 0.6) is 0 Å². The second-order valence-electron chi connectivity index (χ2n) is 6.83. The Hall–Kier alpha value is -1.05. The monoisotopic (exact) mass is 473 g/mol. The first-order valence-electron chi connectivity index (χ1n) is 9.98. The zero-order chi connectivity index (χ0) is 17.9. The molecule has 1 aromatic heterocycles. The minimum Gasteiger partial charge on any atom is -0.357 e. The summed E-state index contributed by atoms with van der Waals surface area (Å²) in [4.78, 5) is 11.7. The van der Waals surface area contributed by atoms with Crippen LogP contribution >= 0.6 is 24.0 Å². The van der Waals surface area contributed by atoms with Gasteiger partial charge >= 0.3 is 0 Å². The van der Waals surface area contributed by atoms with Crippen molar-refractivity contribution in [3.63, 3.8) is 0 Å². The molecule has 1 fully saturated rings. The number of halogens is 1. The van der Waals surface area contributed by atoms with Gasteiger partial charge in [-0.2, -0.15) is 0 Å². The van der Waals surface area contributed by atoms with E-state index in [0.29, 0.717) is 12.5 Å². The molecule has 0 saturated carbocycles. The van der Waals surface area contributed by atoms with E-state index < -0.39 is 0 Å². The van der Waals surface area contributed by atoms with Gasteiger partial charge in [0.2, 0.25) is 0 Å². The maximum Gasteiger partial charge on any atom is 0.191 e. The SMILES string of the molecule is CCNC(=NCc1ccnc(N2CCCCC2)c1)NCC(CC)CC.I. The predicted molar refractivity (Wildman–Crippen MR) is 123 cm³/mol. The minimum absolute atomic E-state index is 0. The Bertz CT molecular complexity index is 525. The summed E-state index contributed by atoms with van der Waals surface area (Å²) in [6.07, 6.45) is 8.20. The second-order valence-corrected chi connectivity index (χ2v) is 6.83. The zero-order valence-corrected chi connectivity index (χ0v) is 19.0. The molecule has 2 N–H and O–H groups in total. The van der Waals surface area contributed by atoms with E-state index in [4.69, 9.17) is 4.99 Å². The Morgan fingerprint density at radius 3 is 2.54 bits per heavy atom. The van der Waals surface area contributed by atoms with E-state index in [2.05, 4.69) is 53.4 Å². The van der Waals surface area contributed by atoms with E-state index in [-0.39, 0.29) is 24.0 Å². The maximum absolute atomic E-state index is 4.76. The van der Waals surface area contributed by atoms with Gasteiger partial charge in [-0.15, -0.1) is 24.0 Å². The first-order chi connectivity index (χ1) is 12.3. The molecule has 0 unspecified atom stereocenters. The number of pyridine rings is 1. The summed E-state index contributed by atoms with van der Waals surface area (Å²) < 4.78 is 0. The molecule has 1 aromatic rings. The van der Waals surface area contributed by atoms with Crippen LogP contribution in [0.4, 0.5) is 5.82 Å². The van der Waals surface area contributed by atoms with Crippen molar-refractivity contribution in [3.05, 3.63) is 23.9 Å². The molecule has 0 bridgehead atoms.